The lowest BCUT2D eigenvalue weighted by atomic mass is 10.1. The summed E-state index contributed by atoms with van der Waals surface area (Å²) in [5, 5.41) is 0. The van der Waals surface area contributed by atoms with Crippen molar-refractivity contribution in [3.05, 3.63) is 59.7 Å². The molecule has 2 aromatic rings. The fraction of sp³-hybridized carbons (Fsp3) is 0.235. The van der Waals surface area contributed by atoms with Crippen LogP contribution >= 0.6 is 0 Å². The number of carbonyl (C=O) groups excluding carboxylic acids is 1. The minimum Gasteiger partial charge on any atom is -0.310 e. The van der Waals surface area contributed by atoms with Crippen LogP contribution < -0.4 is 9.62 Å². The number of rotatable bonds is 4. The number of sulfonamides is 1. The molecule has 23 heavy (non-hydrogen) atoms. The first-order valence-electron chi connectivity index (χ1n) is 7.41. The maximum absolute atomic E-state index is 12.4. The van der Waals surface area contributed by atoms with Gasteiger partial charge < -0.3 is 4.90 Å². The summed E-state index contributed by atoms with van der Waals surface area (Å²) >= 11 is 0. The third kappa shape index (κ3) is 3.37. The average molecular weight is 330 g/mol. The smallest absolute Gasteiger partial charge is 0.236 e. The molecule has 5 nitrogen and oxygen atoms in total. The van der Waals surface area contributed by atoms with Crippen LogP contribution in [0.15, 0.2) is 48.5 Å². The zero-order chi connectivity index (χ0) is 16.4. The number of nitrogens with zero attached hydrogens (tertiary/aromatic N) is 1. The second-order valence-electron chi connectivity index (χ2n) is 5.58. The Hall–Kier alpha value is -2.34. The summed E-state index contributed by atoms with van der Waals surface area (Å²) in [5.41, 5.74) is 2.85. The molecular weight excluding hydrogens is 312 g/mol. The van der Waals surface area contributed by atoms with Gasteiger partial charge in [-0.2, -0.15) is 0 Å². The van der Waals surface area contributed by atoms with Gasteiger partial charge in [-0.15, -0.1) is 0 Å². The molecule has 3 rings (SSSR count). The van der Waals surface area contributed by atoms with Crippen LogP contribution in [0.5, 0.6) is 0 Å². The number of benzene rings is 2. The summed E-state index contributed by atoms with van der Waals surface area (Å²) in [6.07, 6.45) is 0.739. The van der Waals surface area contributed by atoms with Gasteiger partial charge in [0.05, 0.1) is 17.1 Å². The fourth-order valence-corrected chi connectivity index (χ4v) is 4.05. The Morgan fingerprint density at radius 3 is 2.57 bits per heavy atom. The zero-order valence-corrected chi connectivity index (χ0v) is 13.6. The lowest BCUT2D eigenvalue weighted by Crippen LogP contribution is -2.27. The van der Waals surface area contributed by atoms with Crippen LogP contribution in [0.25, 0.3) is 0 Å². The predicted molar refractivity (Wildman–Crippen MR) is 90.9 cm³/mol. The minimum atomic E-state index is -3.55. The van der Waals surface area contributed by atoms with E-state index in [2.05, 4.69) is 4.72 Å². The van der Waals surface area contributed by atoms with E-state index in [9.17, 15) is 13.2 Å². The Balaban J connectivity index is 1.89. The first-order chi connectivity index (χ1) is 11.0. The van der Waals surface area contributed by atoms with E-state index in [1.54, 1.807) is 23.1 Å². The molecule has 0 saturated heterocycles. The molecule has 6 heteroatoms. The minimum absolute atomic E-state index is 0.0848. The highest BCUT2D eigenvalue weighted by molar-refractivity contribution is 7.91. The number of para-hydroxylation sites is 1. The van der Waals surface area contributed by atoms with Gasteiger partial charge in [0.1, 0.15) is 0 Å². The predicted octanol–water partition coefficient (Wildman–Crippen LogP) is 2.54. The van der Waals surface area contributed by atoms with Crippen LogP contribution in [-0.2, 0) is 27.0 Å². The summed E-state index contributed by atoms with van der Waals surface area (Å²) in [4.78, 5) is 13.4. The number of nitrogens with one attached hydrogen (secondary N) is 1. The van der Waals surface area contributed by atoms with Crippen LogP contribution in [-0.4, -0.2) is 20.9 Å². The largest absolute Gasteiger partial charge is 0.310 e. The maximum atomic E-state index is 12.4. The van der Waals surface area contributed by atoms with E-state index in [1.807, 2.05) is 30.3 Å². The molecule has 0 bridgehead atoms. The monoisotopic (exact) mass is 330 g/mol. The van der Waals surface area contributed by atoms with E-state index >= 15 is 0 Å². The summed E-state index contributed by atoms with van der Waals surface area (Å²) < 4.78 is 27.5. The van der Waals surface area contributed by atoms with E-state index in [-0.39, 0.29) is 11.7 Å². The van der Waals surface area contributed by atoms with Crippen LogP contribution in [0.4, 0.5) is 11.4 Å². The Morgan fingerprint density at radius 2 is 1.87 bits per heavy atom. The Kier molecular flexibility index (Phi) is 4.09. The van der Waals surface area contributed by atoms with E-state index in [1.165, 1.54) is 6.92 Å². The summed E-state index contributed by atoms with van der Waals surface area (Å²) in [6.45, 7) is 2.08. The molecule has 120 valence electrons. The van der Waals surface area contributed by atoms with E-state index in [0.29, 0.717) is 17.9 Å². The zero-order valence-electron chi connectivity index (χ0n) is 12.8. The number of carbonyl (C=O) groups is 1. The van der Waals surface area contributed by atoms with Gasteiger partial charge >= 0.3 is 0 Å². The van der Waals surface area contributed by atoms with Gasteiger partial charge in [0.2, 0.25) is 15.9 Å². The van der Waals surface area contributed by atoms with Crippen LogP contribution in [0.2, 0.25) is 0 Å². The highest BCUT2D eigenvalue weighted by atomic mass is 32.2. The van der Waals surface area contributed by atoms with Crippen LogP contribution in [0, 0.1) is 0 Å². The van der Waals surface area contributed by atoms with Gasteiger partial charge in [0.25, 0.3) is 0 Å². The number of hydrogen-bond donors (Lipinski definition) is 1. The lowest BCUT2D eigenvalue weighted by molar-refractivity contribution is -0.116. The Morgan fingerprint density at radius 1 is 1.13 bits per heavy atom. The third-order valence-corrected chi connectivity index (χ3v) is 5.08. The molecule has 1 N–H and O–H groups in total. The molecule has 1 heterocycles. The number of hydrogen-bond acceptors (Lipinski definition) is 3. The molecule has 1 amide bonds. The van der Waals surface area contributed by atoms with Gasteiger partial charge in [-0.25, -0.2) is 8.42 Å². The van der Waals surface area contributed by atoms with Crippen molar-refractivity contribution in [1.82, 2.24) is 0 Å². The summed E-state index contributed by atoms with van der Waals surface area (Å²) in [7, 11) is -3.55. The molecule has 0 aliphatic carbocycles. The number of fused-ring (bicyclic) bond motifs is 1. The highest BCUT2D eigenvalue weighted by Crippen LogP contribution is 2.36. The molecule has 0 atom stereocenters. The molecule has 1 aliphatic heterocycles. The van der Waals surface area contributed by atoms with Crippen molar-refractivity contribution in [3.8, 4) is 0 Å². The molecule has 0 saturated carbocycles. The second-order valence-corrected chi connectivity index (χ2v) is 7.30. The molecule has 2 aromatic carbocycles. The summed E-state index contributed by atoms with van der Waals surface area (Å²) in [6, 6.07) is 14.4. The molecule has 0 unspecified atom stereocenters. The van der Waals surface area contributed by atoms with Gasteiger partial charge in [0.15, 0.2) is 0 Å². The lowest BCUT2D eigenvalue weighted by Gasteiger charge is -2.19. The molecule has 0 fully saturated rings. The first-order valence-corrected chi connectivity index (χ1v) is 9.06. The molecule has 1 aliphatic rings. The van der Waals surface area contributed by atoms with E-state index in [4.69, 9.17) is 0 Å². The topological polar surface area (TPSA) is 66.5 Å². The SMILES string of the molecule is CC(=O)N1CCc2cccc(NS(=O)(=O)Cc3ccccc3)c21. The number of anilines is 2. The Labute approximate surface area is 136 Å². The van der Waals surface area contributed by atoms with Crippen molar-refractivity contribution in [2.24, 2.45) is 0 Å². The molecular formula is C17H18N2O3S. The van der Waals surface area contributed by atoms with Crippen molar-refractivity contribution in [3.63, 3.8) is 0 Å². The quantitative estimate of drug-likeness (QED) is 0.937. The highest BCUT2D eigenvalue weighted by Gasteiger charge is 2.26. The molecule has 0 aromatic heterocycles. The summed E-state index contributed by atoms with van der Waals surface area (Å²) in [5.74, 6) is -0.184. The van der Waals surface area contributed by atoms with Crippen LogP contribution in [0.3, 0.4) is 0 Å². The van der Waals surface area contributed by atoms with Crippen LogP contribution in [0.1, 0.15) is 18.1 Å². The van der Waals surface area contributed by atoms with Crippen molar-refractivity contribution in [2.75, 3.05) is 16.2 Å². The maximum Gasteiger partial charge on any atom is 0.236 e. The normalized spacial score (nSPS) is 13.7. The van der Waals surface area contributed by atoms with Crippen molar-refractivity contribution in [2.45, 2.75) is 19.1 Å². The van der Waals surface area contributed by atoms with Gasteiger partial charge in [0, 0.05) is 13.5 Å². The van der Waals surface area contributed by atoms with E-state index < -0.39 is 10.0 Å². The van der Waals surface area contributed by atoms with Crippen molar-refractivity contribution >= 4 is 27.3 Å². The standard InChI is InChI=1S/C17H18N2O3S/c1-13(20)19-11-10-15-8-5-9-16(17(15)19)18-23(21,22)12-14-6-3-2-4-7-14/h2-9,18H,10-12H2,1H3. The van der Waals surface area contributed by atoms with Gasteiger partial charge in [-0.3, -0.25) is 9.52 Å². The van der Waals surface area contributed by atoms with Gasteiger partial charge in [-0.1, -0.05) is 42.5 Å². The van der Waals surface area contributed by atoms with Crippen molar-refractivity contribution in [1.29, 1.82) is 0 Å². The third-order valence-electron chi connectivity index (χ3n) is 3.84. The second kappa shape index (κ2) is 6.04. The first kappa shape index (κ1) is 15.6. The van der Waals surface area contributed by atoms with Crippen molar-refractivity contribution < 1.29 is 13.2 Å². The number of amides is 1. The Bertz CT molecular complexity index is 832. The van der Waals surface area contributed by atoms with Gasteiger partial charge in [-0.05, 0) is 23.6 Å². The fourth-order valence-electron chi connectivity index (χ4n) is 2.85. The average Bonchev–Trinajstić information content (AvgIpc) is 2.92. The van der Waals surface area contributed by atoms with E-state index in [0.717, 1.165) is 17.5 Å². The molecule has 0 spiro atoms. The molecule has 0 radical (unpaired) electrons.